The van der Waals surface area contributed by atoms with E-state index in [9.17, 15) is 4.79 Å². The number of carbonyl (C=O) groups is 1. The molecule has 1 aromatic carbocycles. The summed E-state index contributed by atoms with van der Waals surface area (Å²) in [5.74, 6) is 0.766. The van der Waals surface area contributed by atoms with Crippen molar-refractivity contribution in [3.05, 3.63) is 28.8 Å². The predicted molar refractivity (Wildman–Crippen MR) is 81.3 cm³/mol. The number of hydrogen-bond donors (Lipinski definition) is 0. The largest absolute Gasteiger partial charge is 0.481 e. The van der Waals surface area contributed by atoms with Crippen LogP contribution in [0.15, 0.2) is 18.2 Å². The molecule has 0 spiro atoms. The average Bonchev–Trinajstić information content (AvgIpc) is 2.42. The van der Waals surface area contributed by atoms with Crippen LogP contribution in [-0.2, 0) is 4.79 Å². The molecule has 1 heterocycles. The second-order valence-corrected chi connectivity index (χ2v) is 5.95. The molecule has 2 atom stereocenters. The molecule has 0 N–H and O–H groups in total. The molecule has 0 aromatic heterocycles. The summed E-state index contributed by atoms with van der Waals surface area (Å²) in [5.41, 5.74) is 0.954. The summed E-state index contributed by atoms with van der Waals surface area (Å²) in [7, 11) is 0. The van der Waals surface area contributed by atoms with E-state index in [0.717, 1.165) is 24.9 Å². The minimum absolute atomic E-state index is 0.0739. The second kappa shape index (κ2) is 6.49. The van der Waals surface area contributed by atoms with E-state index in [1.54, 1.807) is 12.1 Å². The number of nitrogens with zero attached hydrogens (tertiary/aromatic N) is 1. The highest BCUT2D eigenvalue weighted by atomic mass is 35.5. The number of benzene rings is 1. The molecule has 1 aromatic rings. The molecule has 3 nitrogen and oxygen atoms in total. The first-order chi connectivity index (χ1) is 9.49. The zero-order chi connectivity index (χ0) is 14.7. The van der Waals surface area contributed by atoms with Crippen molar-refractivity contribution in [2.24, 2.45) is 0 Å². The number of aryl methyl sites for hydroxylation is 1. The summed E-state index contributed by atoms with van der Waals surface area (Å²) in [4.78, 5) is 14.4. The Morgan fingerprint density at radius 3 is 2.85 bits per heavy atom. The van der Waals surface area contributed by atoms with Crippen molar-refractivity contribution in [2.75, 3.05) is 6.54 Å². The molecule has 1 saturated heterocycles. The van der Waals surface area contributed by atoms with E-state index in [-0.39, 0.29) is 5.91 Å². The van der Waals surface area contributed by atoms with Crippen molar-refractivity contribution in [3.63, 3.8) is 0 Å². The van der Waals surface area contributed by atoms with Gasteiger partial charge in [0.2, 0.25) is 0 Å². The predicted octanol–water partition coefficient (Wildman–Crippen LogP) is 3.82. The van der Waals surface area contributed by atoms with Crippen molar-refractivity contribution in [2.45, 2.75) is 52.2 Å². The van der Waals surface area contributed by atoms with E-state index < -0.39 is 6.10 Å². The summed E-state index contributed by atoms with van der Waals surface area (Å²) in [5, 5.41) is 0.709. The highest BCUT2D eigenvalue weighted by molar-refractivity contribution is 6.31. The van der Waals surface area contributed by atoms with Gasteiger partial charge in [0, 0.05) is 17.6 Å². The van der Waals surface area contributed by atoms with Crippen LogP contribution in [0.4, 0.5) is 0 Å². The highest BCUT2D eigenvalue weighted by Gasteiger charge is 2.28. The van der Waals surface area contributed by atoms with Crippen LogP contribution in [0.25, 0.3) is 0 Å². The van der Waals surface area contributed by atoms with Crippen molar-refractivity contribution < 1.29 is 9.53 Å². The van der Waals surface area contributed by atoms with Gasteiger partial charge in [-0.1, -0.05) is 11.6 Å². The topological polar surface area (TPSA) is 29.5 Å². The lowest BCUT2D eigenvalue weighted by atomic mass is 10.0. The van der Waals surface area contributed by atoms with Crippen LogP contribution in [0.2, 0.25) is 5.02 Å². The number of hydrogen-bond acceptors (Lipinski definition) is 2. The Bertz CT molecular complexity index is 489. The molecule has 0 unspecified atom stereocenters. The summed E-state index contributed by atoms with van der Waals surface area (Å²) in [6, 6.07) is 5.78. The lowest BCUT2D eigenvalue weighted by Gasteiger charge is -2.35. The van der Waals surface area contributed by atoms with Crippen LogP contribution in [-0.4, -0.2) is 29.5 Å². The monoisotopic (exact) mass is 295 g/mol. The van der Waals surface area contributed by atoms with Crippen LogP contribution in [0.5, 0.6) is 5.75 Å². The van der Waals surface area contributed by atoms with Gasteiger partial charge in [-0.25, -0.2) is 0 Å². The molecule has 4 heteroatoms. The maximum atomic E-state index is 12.4. The molecule has 1 aliphatic heterocycles. The standard InChI is InChI=1S/C16H22ClNO2/c1-11-10-14(7-8-15(11)17)20-13(3)16(19)18-9-5-4-6-12(18)2/h7-8,10,12-13H,4-6,9H2,1-3H3/t12-,13-/m0/s1. The Kier molecular flexibility index (Phi) is 4.92. The van der Waals surface area contributed by atoms with Gasteiger partial charge in [0.05, 0.1) is 0 Å². The molecule has 0 saturated carbocycles. The molecule has 0 aliphatic carbocycles. The van der Waals surface area contributed by atoms with Crippen molar-refractivity contribution >= 4 is 17.5 Å². The zero-order valence-electron chi connectivity index (χ0n) is 12.4. The number of piperidine rings is 1. The minimum atomic E-state index is -0.462. The van der Waals surface area contributed by atoms with E-state index in [1.165, 1.54) is 6.42 Å². The van der Waals surface area contributed by atoms with Gasteiger partial charge < -0.3 is 9.64 Å². The fraction of sp³-hybridized carbons (Fsp3) is 0.562. The molecule has 0 bridgehead atoms. The lowest BCUT2D eigenvalue weighted by molar-refractivity contribution is -0.141. The summed E-state index contributed by atoms with van der Waals surface area (Å²) in [6.45, 7) is 6.69. The molecule has 110 valence electrons. The van der Waals surface area contributed by atoms with Crippen LogP contribution >= 0.6 is 11.6 Å². The normalized spacial score (nSPS) is 20.6. The number of likely N-dealkylation sites (tertiary alicyclic amines) is 1. The molecule has 1 aliphatic rings. The summed E-state index contributed by atoms with van der Waals surface area (Å²) >= 11 is 5.99. The quantitative estimate of drug-likeness (QED) is 0.848. The molecule has 2 rings (SSSR count). The van der Waals surface area contributed by atoms with Gasteiger partial charge in [-0.05, 0) is 63.8 Å². The van der Waals surface area contributed by atoms with Crippen LogP contribution < -0.4 is 4.74 Å². The SMILES string of the molecule is Cc1cc(O[C@@H](C)C(=O)N2CCCC[C@@H]2C)ccc1Cl. The van der Waals surface area contributed by atoms with Gasteiger partial charge in [0.25, 0.3) is 5.91 Å². The van der Waals surface area contributed by atoms with Gasteiger partial charge in [-0.15, -0.1) is 0 Å². The Morgan fingerprint density at radius 1 is 1.45 bits per heavy atom. The number of amides is 1. The number of rotatable bonds is 3. The number of carbonyl (C=O) groups excluding carboxylic acids is 1. The van der Waals surface area contributed by atoms with Crippen LogP contribution in [0.1, 0.15) is 38.7 Å². The Morgan fingerprint density at radius 2 is 2.20 bits per heavy atom. The van der Waals surface area contributed by atoms with E-state index >= 15 is 0 Å². The van der Waals surface area contributed by atoms with Crippen molar-refractivity contribution in [1.82, 2.24) is 4.90 Å². The van der Waals surface area contributed by atoms with Gasteiger partial charge in [0.1, 0.15) is 5.75 Å². The third-order valence-corrected chi connectivity index (χ3v) is 4.30. The molecule has 20 heavy (non-hydrogen) atoms. The van der Waals surface area contributed by atoms with E-state index in [1.807, 2.05) is 24.8 Å². The smallest absolute Gasteiger partial charge is 0.263 e. The second-order valence-electron chi connectivity index (χ2n) is 5.55. The van der Waals surface area contributed by atoms with E-state index in [2.05, 4.69) is 6.92 Å². The molecule has 1 fully saturated rings. The van der Waals surface area contributed by atoms with E-state index in [4.69, 9.17) is 16.3 Å². The van der Waals surface area contributed by atoms with Gasteiger partial charge in [-0.2, -0.15) is 0 Å². The third kappa shape index (κ3) is 3.45. The Balaban J connectivity index is 2.01. The highest BCUT2D eigenvalue weighted by Crippen LogP contribution is 2.23. The average molecular weight is 296 g/mol. The number of ether oxygens (including phenoxy) is 1. The molecule has 1 amide bonds. The van der Waals surface area contributed by atoms with Crippen LogP contribution in [0, 0.1) is 6.92 Å². The first-order valence-electron chi connectivity index (χ1n) is 7.22. The number of halogens is 1. The van der Waals surface area contributed by atoms with Gasteiger partial charge in [-0.3, -0.25) is 4.79 Å². The minimum Gasteiger partial charge on any atom is -0.481 e. The maximum Gasteiger partial charge on any atom is 0.263 e. The van der Waals surface area contributed by atoms with Crippen LogP contribution in [0.3, 0.4) is 0 Å². The van der Waals surface area contributed by atoms with Gasteiger partial charge in [0.15, 0.2) is 6.10 Å². The third-order valence-electron chi connectivity index (χ3n) is 3.88. The Labute approximate surface area is 125 Å². The fourth-order valence-electron chi connectivity index (χ4n) is 2.60. The van der Waals surface area contributed by atoms with Gasteiger partial charge >= 0.3 is 0 Å². The summed E-state index contributed by atoms with van der Waals surface area (Å²) in [6.07, 6.45) is 2.91. The Hall–Kier alpha value is -1.22. The first kappa shape index (κ1) is 15.2. The fourth-order valence-corrected chi connectivity index (χ4v) is 2.72. The van der Waals surface area contributed by atoms with E-state index in [0.29, 0.717) is 16.8 Å². The maximum absolute atomic E-state index is 12.4. The molecular formula is C16H22ClNO2. The van der Waals surface area contributed by atoms with Crippen molar-refractivity contribution in [3.8, 4) is 5.75 Å². The zero-order valence-corrected chi connectivity index (χ0v) is 13.1. The first-order valence-corrected chi connectivity index (χ1v) is 7.60. The molecular weight excluding hydrogens is 274 g/mol. The molecule has 0 radical (unpaired) electrons. The van der Waals surface area contributed by atoms with Crippen molar-refractivity contribution in [1.29, 1.82) is 0 Å². The lowest BCUT2D eigenvalue weighted by Crippen LogP contribution is -2.47. The summed E-state index contributed by atoms with van der Waals surface area (Å²) < 4.78 is 5.76.